The summed E-state index contributed by atoms with van der Waals surface area (Å²) in [6.45, 7) is 9.92. The highest BCUT2D eigenvalue weighted by Gasteiger charge is 2.22. The third-order valence-electron chi connectivity index (χ3n) is 7.73. The van der Waals surface area contributed by atoms with Crippen molar-refractivity contribution < 1.29 is 14.3 Å². The number of carbonyl (C=O) groups is 1. The van der Waals surface area contributed by atoms with Crippen molar-refractivity contribution in [2.45, 2.75) is 71.8 Å². The molecule has 2 aliphatic heterocycles. The normalized spacial score (nSPS) is 18.8. The smallest absolute Gasteiger partial charge is 0.225 e. The number of piperidine rings is 1. The quantitative estimate of drug-likeness (QED) is 0.362. The lowest BCUT2D eigenvalue weighted by Gasteiger charge is -2.32. The first-order valence-corrected chi connectivity index (χ1v) is 14.2. The summed E-state index contributed by atoms with van der Waals surface area (Å²) in [6.07, 6.45) is 11.6. The monoisotopic (exact) mass is 519 g/mol. The molecule has 3 aromatic rings. The molecular weight excluding hydrogens is 478 g/mol. The van der Waals surface area contributed by atoms with E-state index in [1.54, 1.807) is 12.4 Å². The summed E-state index contributed by atoms with van der Waals surface area (Å²) in [5, 5.41) is 5.10. The molecule has 0 spiro atoms. The number of aryl methyl sites for hydroxylation is 2. The fourth-order valence-electron chi connectivity index (χ4n) is 5.52. The predicted molar refractivity (Wildman–Crippen MR) is 150 cm³/mol. The van der Waals surface area contributed by atoms with E-state index in [2.05, 4.69) is 63.0 Å². The van der Waals surface area contributed by atoms with E-state index in [9.17, 15) is 4.79 Å². The van der Waals surface area contributed by atoms with E-state index in [0.717, 1.165) is 71.2 Å². The number of rotatable bonds is 11. The van der Waals surface area contributed by atoms with Gasteiger partial charge < -0.3 is 24.3 Å². The van der Waals surface area contributed by atoms with Crippen LogP contribution in [0.2, 0.25) is 0 Å². The lowest BCUT2D eigenvalue weighted by Crippen LogP contribution is -2.38. The largest absolute Gasteiger partial charge is 0.353 e. The maximum absolute atomic E-state index is 12.5. The van der Waals surface area contributed by atoms with Crippen molar-refractivity contribution in [1.29, 1.82) is 0 Å². The van der Waals surface area contributed by atoms with Gasteiger partial charge in [0.15, 0.2) is 12.1 Å². The zero-order valence-corrected chi connectivity index (χ0v) is 22.8. The summed E-state index contributed by atoms with van der Waals surface area (Å²) in [5.41, 5.74) is 4.51. The molecule has 8 heteroatoms. The number of anilines is 1. The van der Waals surface area contributed by atoms with E-state index >= 15 is 0 Å². The summed E-state index contributed by atoms with van der Waals surface area (Å²) in [7, 11) is 0. The van der Waals surface area contributed by atoms with Crippen LogP contribution in [0.25, 0.3) is 10.9 Å². The van der Waals surface area contributed by atoms with Gasteiger partial charge in [0.05, 0.1) is 5.56 Å². The Morgan fingerprint density at radius 2 is 1.97 bits per heavy atom. The Bertz CT molecular complexity index is 1190. The highest BCUT2D eigenvalue weighted by molar-refractivity contribution is 5.96. The zero-order chi connectivity index (χ0) is 26.3. The molecule has 2 aromatic heterocycles. The molecule has 5 rings (SSSR count). The third-order valence-corrected chi connectivity index (χ3v) is 7.73. The van der Waals surface area contributed by atoms with Crippen LogP contribution in [0.15, 0.2) is 36.8 Å². The highest BCUT2D eigenvalue weighted by atomic mass is 16.7. The summed E-state index contributed by atoms with van der Waals surface area (Å²) >= 11 is 0. The fourth-order valence-corrected chi connectivity index (χ4v) is 5.52. The number of hydrogen-bond donors (Lipinski definition) is 1. The van der Waals surface area contributed by atoms with Gasteiger partial charge in [-0.15, -0.1) is 0 Å². The first kappa shape index (κ1) is 26.8. The third kappa shape index (κ3) is 6.60. The van der Waals surface area contributed by atoms with Crippen molar-refractivity contribution >= 4 is 22.6 Å². The van der Waals surface area contributed by atoms with Crippen LogP contribution in [-0.4, -0.2) is 59.5 Å². The van der Waals surface area contributed by atoms with Crippen LogP contribution >= 0.6 is 0 Å². The van der Waals surface area contributed by atoms with Crippen LogP contribution in [0.5, 0.6) is 0 Å². The molecular formula is C30H41N5O3. The lowest BCUT2D eigenvalue weighted by molar-refractivity contribution is -0.155. The van der Waals surface area contributed by atoms with Gasteiger partial charge in [0.2, 0.25) is 5.95 Å². The molecule has 0 aliphatic carbocycles. The van der Waals surface area contributed by atoms with Gasteiger partial charge in [0, 0.05) is 62.3 Å². The van der Waals surface area contributed by atoms with E-state index in [-0.39, 0.29) is 18.7 Å². The summed E-state index contributed by atoms with van der Waals surface area (Å²) in [6, 6.07) is 6.77. The van der Waals surface area contributed by atoms with Gasteiger partial charge in [0.25, 0.3) is 0 Å². The Labute approximate surface area is 225 Å². The molecule has 0 bridgehead atoms. The Morgan fingerprint density at radius 1 is 1.16 bits per heavy atom. The Morgan fingerprint density at radius 3 is 2.71 bits per heavy atom. The van der Waals surface area contributed by atoms with Gasteiger partial charge in [0.1, 0.15) is 6.61 Å². The second kappa shape index (κ2) is 12.8. The predicted octanol–water partition coefficient (Wildman–Crippen LogP) is 4.88. The minimum atomic E-state index is -0.269. The summed E-state index contributed by atoms with van der Waals surface area (Å²) in [4.78, 5) is 23.7. The maximum Gasteiger partial charge on any atom is 0.225 e. The molecule has 0 saturated carbocycles. The van der Waals surface area contributed by atoms with E-state index in [0.29, 0.717) is 24.0 Å². The number of aromatic nitrogens is 3. The van der Waals surface area contributed by atoms with E-state index in [1.165, 1.54) is 22.0 Å². The van der Waals surface area contributed by atoms with Crippen LogP contribution in [0.3, 0.4) is 0 Å². The van der Waals surface area contributed by atoms with Gasteiger partial charge >= 0.3 is 0 Å². The number of carbonyl (C=O) groups excluding carboxylic acids is 1. The molecule has 2 saturated heterocycles. The van der Waals surface area contributed by atoms with Crippen LogP contribution < -0.4 is 10.2 Å². The summed E-state index contributed by atoms with van der Waals surface area (Å²) in [5.74, 6) is 1.23. The van der Waals surface area contributed by atoms with Crippen molar-refractivity contribution in [3.63, 3.8) is 0 Å². The highest BCUT2D eigenvalue weighted by Crippen LogP contribution is 2.24. The number of benzene rings is 1. The number of fused-ring (bicyclic) bond motifs is 1. The Hall–Kier alpha value is -2.81. The number of nitrogens with zero attached hydrogens (tertiary/aromatic N) is 4. The minimum absolute atomic E-state index is 0.00446. The molecule has 38 heavy (non-hydrogen) atoms. The minimum Gasteiger partial charge on any atom is -0.353 e. The summed E-state index contributed by atoms with van der Waals surface area (Å²) < 4.78 is 13.5. The van der Waals surface area contributed by atoms with Gasteiger partial charge in [-0.2, -0.15) is 0 Å². The zero-order valence-electron chi connectivity index (χ0n) is 22.8. The SMILES string of the molecule is CCCn1cc(CNCC2CCN(c3ncc(C(=O)COC4CCCCO4)cn3)CC2)c2cc(C)ccc21. The molecule has 2 aliphatic rings. The lowest BCUT2D eigenvalue weighted by atomic mass is 9.97. The molecule has 4 heterocycles. The number of hydrogen-bond acceptors (Lipinski definition) is 7. The Balaban J connectivity index is 1.07. The molecule has 8 nitrogen and oxygen atoms in total. The molecule has 0 amide bonds. The molecule has 0 radical (unpaired) electrons. The number of ether oxygens (including phenoxy) is 2. The second-order valence-electron chi connectivity index (χ2n) is 10.7. The van der Waals surface area contributed by atoms with Crippen molar-refractivity contribution in [1.82, 2.24) is 19.9 Å². The molecule has 1 N–H and O–H groups in total. The van der Waals surface area contributed by atoms with Gasteiger partial charge in [-0.05, 0) is 75.6 Å². The van der Waals surface area contributed by atoms with Crippen LogP contribution in [0, 0.1) is 12.8 Å². The average molecular weight is 520 g/mol. The first-order chi connectivity index (χ1) is 18.6. The number of Topliss-reactive ketones (excluding diaryl/α,β-unsaturated/α-hetero) is 1. The Kier molecular flexibility index (Phi) is 9.04. The van der Waals surface area contributed by atoms with Crippen molar-refractivity contribution in [3.05, 3.63) is 53.5 Å². The average Bonchev–Trinajstić information content (AvgIpc) is 3.29. The van der Waals surface area contributed by atoms with Gasteiger partial charge in [-0.25, -0.2) is 9.97 Å². The standard InChI is InChI=1S/C30H41N5O3/c1-3-11-35-20-25(26-15-22(2)7-8-27(26)35)17-31-16-23-9-12-34(13-10-23)30-32-18-24(19-33-30)28(36)21-38-29-6-4-5-14-37-29/h7-8,15,18-20,23,29,31H,3-6,9-14,16-17,21H2,1-2H3. The molecule has 2 fully saturated rings. The first-order valence-electron chi connectivity index (χ1n) is 14.2. The fraction of sp³-hybridized carbons (Fsp3) is 0.567. The van der Waals surface area contributed by atoms with E-state index < -0.39 is 0 Å². The van der Waals surface area contributed by atoms with Crippen molar-refractivity contribution in [2.24, 2.45) is 5.92 Å². The van der Waals surface area contributed by atoms with Crippen molar-refractivity contribution in [3.8, 4) is 0 Å². The van der Waals surface area contributed by atoms with Crippen molar-refractivity contribution in [2.75, 3.05) is 37.7 Å². The topological polar surface area (TPSA) is 81.5 Å². The van der Waals surface area contributed by atoms with Crippen LogP contribution in [0.4, 0.5) is 5.95 Å². The number of ketones is 1. The second-order valence-corrected chi connectivity index (χ2v) is 10.7. The molecule has 204 valence electrons. The maximum atomic E-state index is 12.5. The van der Waals surface area contributed by atoms with Gasteiger partial charge in [-0.3, -0.25) is 4.79 Å². The van der Waals surface area contributed by atoms with Gasteiger partial charge in [-0.1, -0.05) is 18.6 Å². The number of nitrogens with one attached hydrogen (secondary N) is 1. The molecule has 1 unspecified atom stereocenters. The van der Waals surface area contributed by atoms with E-state index in [1.807, 2.05) is 0 Å². The van der Waals surface area contributed by atoms with E-state index in [4.69, 9.17) is 9.47 Å². The van der Waals surface area contributed by atoms with Crippen LogP contribution in [0.1, 0.15) is 66.9 Å². The van der Waals surface area contributed by atoms with Crippen LogP contribution in [-0.2, 0) is 22.6 Å². The molecule has 1 aromatic carbocycles. The molecule has 1 atom stereocenters.